The largest absolute Gasteiger partial charge is 0.508 e. The predicted molar refractivity (Wildman–Crippen MR) is 106 cm³/mol. The van der Waals surface area contributed by atoms with Gasteiger partial charge in [-0.05, 0) is 36.4 Å². The van der Waals surface area contributed by atoms with Gasteiger partial charge in [-0.25, -0.2) is 0 Å². The maximum atomic E-state index is 12.1. The quantitative estimate of drug-likeness (QED) is 0.473. The third-order valence-electron chi connectivity index (χ3n) is 4.48. The Balaban J connectivity index is 1.93. The number of benzene rings is 3. The molecule has 1 aliphatic rings. The molecule has 0 spiro atoms. The Morgan fingerprint density at radius 1 is 1.00 bits per heavy atom. The summed E-state index contributed by atoms with van der Waals surface area (Å²) in [7, 11) is 0. The number of allylic oxidation sites excluding steroid dienone is 1. The van der Waals surface area contributed by atoms with Crippen LogP contribution in [0.3, 0.4) is 0 Å². The normalized spacial score (nSPS) is 15.5. The van der Waals surface area contributed by atoms with Crippen LogP contribution in [0.5, 0.6) is 11.5 Å². The molecule has 7 heteroatoms. The summed E-state index contributed by atoms with van der Waals surface area (Å²) in [5.74, 6) is -0.468. The van der Waals surface area contributed by atoms with Crippen molar-refractivity contribution in [2.75, 3.05) is 5.32 Å². The minimum atomic E-state index is -0.857. The molecular formula is C21H15ClN2O4. The maximum Gasteiger partial charge on any atom is 0.318 e. The summed E-state index contributed by atoms with van der Waals surface area (Å²) in [5.41, 5.74) is 1.35. The number of ether oxygens (including phenoxy) is 1. The van der Waals surface area contributed by atoms with Crippen molar-refractivity contribution in [1.82, 2.24) is 0 Å². The van der Waals surface area contributed by atoms with Gasteiger partial charge in [-0.15, -0.1) is 0 Å². The van der Waals surface area contributed by atoms with Crippen LogP contribution in [0, 0.1) is 10.1 Å². The standard InChI is InChI=1S/C21H15ClN2O4/c22-13-10-11-17(25)16(12-13)19-15-8-4-5-9-18(15)28-21(20(19)24(26)27)23-14-6-2-1-3-7-14/h1-12,19,23,25H. The van der Waals surface area contributed by atoms with E-state index in [0.29, 0.717) is 27.6 Å². The molecule has 1 heterocycles. The van der Waals surface area contributed by atoms with Crippen LogP contribution in [0.25, 0.3) is 0 Å². The van der Waals surface area contributed by atoms with Crippen LogP contribution in [-0.4, -0.2) is 10.0 Å². The maximum absolute atomic E-state index is 12.1. The van der Waals surface area contributed by atoms with Crippen molar-refractivity contribution < 1.29 is 14.8 Å². The molecule has 3 aromatic rings. The second-order valence-electron chi connectivity index (χ2n) is 6.24. The molecule has 1 atom stereocenters. The Hall–Kier alpha value is -3.51. The fourth-order valence-electron chi connectivity index (χ4n) is 3.25. The molecular weight excluding hydrogens is 380 g/mol. The molecule has 0 radical (unpaired) electrons. The van der Waals surface area contributed by atoms with Crippen LogP contribution >= 0.6 is 11.6 Å². The number of phenolic OH excluding ortho intramolecular Hbond substituents is 1. The number of hydrogen-bond donors (Lipinski definition) is 2. The van der Waals surface area contributed by atoms with Gasteiger partial charge in [0.2, 0.25) is 0 Å². The SMILES string of the molecule is O=[N+]([O-])C1=C(Nc2ccccc2)Oc2ccccc2C1c1cc(Cl)ccc1O. The van der Waals surface area contributed by atoms with Gasteiger partial charge < -0.3 is 15.2 Å². The molecule has 0 saturated heterocycles. The van der Waals surface area contributed by atoms with Crippen LogP contribution in [0.4, 0.5) is 5.69 Å². The fraction of sp³-hybridized carbons (Fsp3) is 0.0476. The lowest BCUT2D eigenvalue weighted by Gasteiger charge is -2.26. The van der Waals surface area contributed by atoms with Crippen molar-refractivity contribution in [3.8, 4) is 11.5 Å². The van der Waals surface area contributed by atoms with Crippen LogP contribution < -0.4 is 10.1 Å². The molecule has 6 nitrogen and oxygen atoms in total. The smallest absolute Gasteiger partial charge is 0.318 e. The number of aromatic hydroxyl groups is 1. The summed E-state index contributed by atoms with van der Waals surface area (Å²) in [4.78, 5) is 11.6. The predicted octanol–water partition coefficient (Wildman–Crippen LogP) is 5.13. The van der Waals surface area contributed by atoms with Crippen LogP contribution in [0.1, 0.15) is 17.0 Å². The molecule has 3 aromatic carbocycles. The van der Waals surface area contributed by atoms with E-state index in [1.54, 1.807) is 36.4 Å². The van der Waals surface area contributed by atoms with Gasteiger partial charge in [0, 0.05) is 21.8 Å². The molecule has 140 valence electrons. The number of anilines is 1. The first-order valence-corrected chi connectivity index (χ1v) is 8.88. The Labute approximate surface area is 165 Å². The summed E-state index contributed by atoms with van der Waals surface area (Å²) in [6.07, 6.45) is 0. The topological polar surface area (TPSA) is 84.6 Å². The molecule has 1 unspecified atom stereocenters. The molecule has 0 amide bonds. The van der Waals surface area contributed by atoms with Gasteiger partial charge in [-0.3, -0.25) is 10.1 Å². The summed E-state index contributed by atoms with van der Waals surface area (Å²) in [5, 5.41) is 25.8. The zero-order valence-electron chi connectivity index (χ0n) is 14.5. The minimum Gasteiger partial charge on any atom is -0.508 e. The number of nitro groups is 1. The van der Waals surface area contributed by atoms with E-state index in [9.17, 15) is 15.2 Å². The molecule has 1 aliphatic heterocycles. The van der Waals surface area contributed by atoms with E-state index >= 15 is 0 Å². The second kappa shape index (κ2) is 7.25. The van der Waals surface area contributed by atoms with Crippen LogP contribution in [-0.2, 0) is 0 Å². The van der Waals surface area contributed by atoms with E-state index < -0.39 is 10.8 Å². The highest BCUT2D eigenvalue weighted by Crippen LogP contribution is 2.46. The number of fused-ring (bicyclic) bond motifs is 1. The molecule has 0 aromatic heterocycles. The third-order valence-corrected chi connectivity index (χ3v) is 4.71. The average molecular weight is 395 g/mol. The van der Waals surface area contributed by atoms with Gasteiger partial charge in [0.15, 0.2) is 0 Å². The molecule has 28 heavy (non-hydrogen) atoms. The highest BCUT2D eigenvalue weighted by atomic mass is 35.5. The summed E-state index contributed by atoms with van der Waals surface area (Å²) in [6, 6.07) is 20.5. The molecule has 0 bridgehead atoms. The first-order valence-electron chi connectivity index (χ1n) is 8.50. The number of rotatable bonds is 4. The lowest BCUT2D eigenvalue weighted by atomic mass is 9.86. The number of phenols is 1. The van der Waals surface area contributed by atoms with Crippen molar-refractivity contribution in [3.05, 3.63) is 111 Å². The van der Waals surface area contributed by atoms with Crippen molar-refractivity contribution in [3.63, 3.8) is 0 Å². The second-order valence-corrected chi connectivity index (χ2v) is 6.67. The van der Waals surface area contributed by atoms with Crippen molar-refractivity contribution >= 4 is 17.3 Å². The Bertz CT molecular complexity index is 1080. The summed E-state index contributed by atoms with van der Waals surface area (Å²) >= 11 is 6.11. The number of hydrogen-bond acceptors (Lipinski definition) is 5. The zero-order valence-corrected chi connectivity index (χ0v) is 15.3. The van der Waals surface area contributed by atoms with E-state index in [4.69, 9.17) is 16.3 Å². The number of nitrogens with zero attached hydrogens (tertiary/aromatic N) is 1. The van der Waals surface area contributed by atoms with Gasteiger partial charge in [-0.2, -0.15) is 0 Å². The fourth-order valence-corrected chi connectivity index (χ4v) is 3.44. The Kier molecular flexibility index (Phi) is 4.63. The zero-order chi connectivity index (χ0) is 19.7. The molecule has 0 aliphatic carbocycles. The van der Waals surface area contributed by atoms with Crippen molar-refractivity contribution in [1.29, 1.82) is 0 Å². The molecule has 0 saturated carbocycles. The molecule has 2 N–H and O–H groups in total. The highest BCUT2D eigenvalue weighted by molar-refractivity contribution is 6.30. The van der Waals surface area contributed by atoms with Gasteiger partial charge in [0.1, 0.15) is 17.4 Å². The monoisotopic (exact) mass is 394 g/mol. The summed E-state index contributed by atoms with van der Waals surface area (Å²) < 4.78 is 5.84. The Morgan fingerprint density at radius 3 is 2.46 bits per heavy atom. The van der Waals surface area contributed by atoms with E-state index in [2.05, 4.69) is 5.32 Å². The number of nitrogens with one attached hydrogen (secondary N) is 1. The highest BCUT2D eigenvalue weighted by Gasteiger charge is 2.41. The van der Waals surface area contributed by atoms with E-state index in [1.165, 1.54) is 18.2 Å². The van der Waals surface area contributed by atoms with Crippen molar-refractivity contribution in [2.45, 2.75) is 5.92 Å². The number of halogens is 1. The lowest BCUT2D eigenvalue weighted by molar-refractivity contribution is -0.432. The number of para-hydroxylation sites is 2. The van der Waals surface area contributed by atoms with Gasteiger partial charge >= 0.3 is 5.70 Å². The molecule has 0 fully saturated rings. The molecule has 4 rings (SSSR count). The van der Waals surface area contributed by atoms with Crippen LogP contribution in [0.2, 0.25) is 5.02 Å². The lowest BCUT2D eigenvalue weighted by Crippen LogP contribution is -2.25. The van der Waals surface area contributed by atoms with Crippen molar-refractivity contribution in [2.24, 2.45) is 0 Å². The van der Waals surface area contributed by atoms with E-state index in [0.717, 1.165) is 0 Å². The minimum absolute atomic E-state index is 0.000671. The van der Waals surface area contributed by atoms with Gasteiger partial charge in [-0.1, -0.05) is 48.0 Å². The first kappa shape index (κ1) is 17.9. The van der Waals surface area contributed by atoms with Gasteiger partial charge in [0.25, 0.3) is 5.88 Å². The Morgan fingerprint density at radius 2 is 1.71 bits per heavy atom. The van der Waals surface area contributed by atoms with Crippen LogP contribution in [0.15, 0.2) is 84.4 Å². The van der Waals surface area contributed by atoms with E-state index in [1.807, 2.05) is 18.2 Å². The average Bonchev–Trinajstić information content (AvgIpc) is 2.69. The first-order chi connectivity index (χ1) is 13.5. The summed E-state index contributed by atoms with van der Waals surface area (Å²) in [6.45, 7) is 0. The van der Waals surface area contributed by atoms with E-state index in [-0.39, 0.29) is 17.3 Å². The van der Waals surface area contributed by atoms with Gasteiger partial charge in [0.05, 0.1) is 4.92 Å². The third kappa shape index (κ3) is 3.25.